The average molecular weight is 502 g/mol. The Morgan fingerprint density at radius 1 is 0.944 bits per heavy atom. The molecule has 0 fully saturated rings. The van der Waals surface area contributed by atoms with Crippen molar-refractivity contribution < 1.29 is 14.0 Å². The van der Waals surface area contributed by atoms with E-state index in [1.807, 2.05) is 61.0 Å². The molecule has 5 rings (SSSR count). The molecular formula is C29H25ClFN3O2. The summed E-state index contributed by atoms with van der Waals surface area (Å²) in [5.41, 5.74) is 3.66. The Bertz CT molecular complexity index is 1430. The first-order valence-corrected chi connectivity index (χ1v) is 12.1. The van der Waals surface area contributed by atoms with Gasteiger partial charge in [-0.15, -0.1) is 0 Å². The molecule has 0 aliphatic carbocycles. The van der Waals surface area contributed by atoms with Gasteiger partial charge in [-0.25, -0.2) is 4.39 Å². The molecule has 5 nitrogen and oxygen atoms in total. The van der Waals surface area contributed by atoms with Gasteiger partial charge >= 0.3 is 0 Å². The largest absolute Gasteiger partial charge is 0.327 e. The molecule has 2 amide bonds. The number of amides is 2. The molecule has 1 atom stereocenters. The van der Waals surface area contributed by atoms with Gasteiger partial charge in [0.25, 0.3) is 5.91 Å². The zero-order valence-corrected chi connectivity index (χ0v) is 20.7. The molecule has 0 spiro atoms. The van der Waals surface area contributed by atoms with Gasteiger partial charge < -0.3 is 9.47 Å². The minimum absolute atomic E-state index is 0.129. The summed E-state index contributed by atoms with van der Waals surface area (Å²) in [6.07, 6.45) is 1.95. The number of hydrogen-bond donors (Lipinski definition) is 0. The van der Waals surface area contributed by atoms with Gasteiger partial charge in [-0.2, -0.15) is 0 Å². The first-order chi connectivity index (χ1) is 17.3. The minimum Gasteiger partial charge on any atom is -0.327 e. The molecule has 0 radical (unpaired) electrons. The normalized spacial score (nSPS) is 14.4. The lowest BCUT2D eigenvalue weighted by Gasteiger charge is -2.40. The van der Waals surface area contributed by atoms with Crippen LogP contribution in [0.1, 0.15) is 41.5 Å². The highest BCUT2D eigenvalue weighted by molar-refractivity contribution is 6.31. The van der Waals surface area contributed by atoms with E-state index in [1.54, 1.807) is 46.2 Å². The van der Waals surface area contributed by atoms with Crippen LogP contribution < -0.4 is 4.90 Å². The molecule has 1 aliphatic rings. The number of carbonyl (C=O) groups excluding carboxylic acids is 2. The SMILES string of the molecule is CC(C)N(CC(=O)N1c2ccccc2-n2cccc2[C@H]1c1ccc(F)cc1)C(=O)c1cccc(Cl)c1. The number of halogens is 2. The molecule has 7 heteroatoms. The topological polar surface area (TPSA) is 45.6 Å². The van der Waals surface area contributed by atoms with Crippen LogP contribution in [0.3, 0.4) is 0 Å². The van der Waals surface area contributed by atoms with E-state index >= 15 is 0 Å². The van der Waals surface area contributed by atoms with E-state index in [9.17, 15) is 14.0 Å². The lowest BCUT2D eigenvalue weighted by molar-refractivity contribution is -0.120. The number of nitrogens with zero attached hydrogens (tertiary/aromatic N) is 3. The van der Waals surface area contributed by atoms with Crippen LogP contribution in [-0.2, 0) is 4.79 Å². The molecule has 0 N–H and O–H groups in total. The molecule has 4 aromatic rings. The number of aromatic nitrogens is 1. The van der Waals surface area contributed by atoms with Crippen molar-refractivity contribution in [2.75, 3.05) is 11.4 Å². The smallest absolute Gasteiger partial charge is 0.254 e. The maximum atomic E-state index is 14.1. The van der Waals surface area contributed by atoms with Crippen molar-refractivity contribution in [3.63, 3.8) is 0 Å². The van der Waals surface area contributed by atoms with Gasteiger partial charge in [0.15, 0.2) is 0 Å². The Morgan fingerprint density at radius 3 is 2.36 bits per heavy atom. The maximum Gasteiger partial charge on any atom is 0.254 e. The summed E-state index contributed by atoms with van der Waals surface area (Å²) in [6.45, 7) is 3.63. The highest BCUT2D eigenvalue weighted by Crippen LogP contribution is 2.42. The Labute approximate surface area is 214 Å². The van der Waals surface area contributed by atoms with Crippen LogP contribution in [0, 0.1) is 5.82 Å². The van der Waals surface area contributed by atoms with E-state index in [1.165, 1.54) is 12.1 Å². The Hall–Kier alpha value is -3.90. The summed E-state index contributed by atoms with van der Waals surface area (Å²) in [4.78, 5) is 30.8. The van der Waals surface area contributed by atoms with E-state index in [0.29, 0.717) is 10.6 Å². The van der Waals surface area contributed by atoms with Crippen molar-refractivity contribution in [2.24, 2.45) is 0 Å². The number of para-hydroxylation sites is 2. The second kappa shape index (κ2) is 9.63. The summed E-state index contributed by atoms with van der Waals surface area (Å²) in [5, 5.41) is 0.456. The van der Waals surface area contributed by atoms with Gasteiger partial charge in [0.2, 0.25) is 5.91 Å². The molecule has 1 aromatic heterocycles. The van der Waals surface area contributed by atoms with Crippen molar-refractivity contribution in [1.29, 1.82) is 0 Å². The van der Waals surface area contributed by atoms with Gasteiger partial charge in [-0.3, -0.25) is 14.5 Å². The average Bonchev–Trinajstić information content (AvgIpc) is 3.36. The Morgan fingerprint density at radius 2 is 1.67 bits per heavy atom. The number of anilines is 1. The van der Waals surface area contributed by atoms with E-state index in [-0.39, 0.29) is 30.2 Å². The first kappa shape index (κ1) is 23.8. The molecule has 3 aromatic carbocycles. The fourth-order valence-corrected chi connectivity index (χ4v) is 4.91. The van der Waals surface area contributed by atoms with Gasteiger partial charge in [-0.1, -0.05) is 41.9 Å². The number of hydrogen-bond acceptors (Lipinski definition) is 2. The fraction of sp³-hybridized carbons (Fsp3) is 0.172. The fourth-order valence-electron chi connectivity index (χ4n) is 4.72. The van der Waals surface area contributed by atoms with Crippen LogP contribution in [0.2, 0.25) is 5.02 Å². The van der Waals surface area contributed by atoms with Crippen LogP contribution in [0.25, 0.3) is 5.69 Å². The number of benzene rings is 3. The summed E-state index contributed by atoms with van der Waals surface area (Å²) >= 11 is 6.12. The molecular weight excluding hydrogens is 477 g/mol. The zero-order chi connectivity index (χ0) is 25.4. The highest BCUT2D eigenvalue weighted by atomic mass is 35.5. The van der Waals surface area contributed by atoms with Crippen LogP contribution in [0.4, 0.5) is 10.1 Å². The van der Waals surface area contributed by atoms with Crippen molar-refractivity contribution in [2.45, 2.75) is 25.9 Å². The van der Waals surface area contributed by atoms with Crippen molar-refractivity contribution in [3.05, 3.63) is 119 Å². The summed E-state index contributed by atoms with van der Waals surface area (Å²) < 4.78 is 15.8. The molecule has 36 heavy (non-hydrogen) atoms. The first-order valence-electron chi connectivity index (χ1n) is 11.8. The standard InChI is InChI=1S/C29H25ClFN3O2/c1-19(2)33(29(36)21-7-5-8-22(30)17-21)18-27(35)34-25-10-4-3-9-24(25)32-16-6-11-26(32)28(34)20-12-14-23(31)15-13-20/h3-17,19,28H,18H2,1-2H3/t28-/m1/s1. The molecule has 2 heterocycles. The summed E-state index contributed by atoms with van der Waals surface area (Å²) in [6, 6.07) is 23.7. The van der Waals surface area contributed by atoms with Gasteiger partial charge in [0.1, 0.15) is 18.4 Å². The van der Waals surface area contributed by atoms with Crippen molar-refractivity contribution >= 4 is 29.1 Å². The van der Waals surface area contributed by atoms with Crippen LogP contribution in [0.5, 0.6) is 0 Å². The minimum atomic E-state index is -0.488. The van der Waals surface area contributed by atoms with E-state index in [2.05, 4.69) is 0 Å². The van der Waals surface area contributed by atoms with Crippen molar-refractivity contribution in [3.8, 4) is 5.69 Å². The predicted molar refractivity (Wildman–Crippen MR) is 139 cm³/mol. The highest BCUT2D eigenvalue weighted by Gasteiger charge is 2.37. The molecule has 0 unspecified atom stereocenters. The lowest BCUT2D eigenvalue weighted by Crippen LogP contribution is -2.48. The second-order valence-corrected chi connectivity index (χ2v) is 9.48. The van der Waals surface area contributed by atoms with E-state index < -0.39 is 6.04 Å². The van der Waals surface area contributed by atoms with Crippen molar-refractivity contribution in [1.82, 2.24) is 9.47 Å². The van der Waals surface area contributed by atoms with Crippen LogP contribution in [-0.4, -0.2) is 33.9 Å². The molecule has 182 valence electrons. The summed E-state index contributed by atoms with van der Waals surface area (Å²) in [5.74, 6) is -0.859. The van der Waals surface area contributed by atoms with Gasteiger partial charge in [0.05, 0.1) is 17.1 Å². The van der Waals surface area contributed by atoms with Gasteiger partial charge in [0, 0.05) is 22.8 Å². The lowest BCUT2D eigenvalue weighted by atomic mass is 9.97. The molecule has 0 bridgehead atoms. The van der Waals surface area contributed by atoms with E-state index in [4.69, 9.17) is 11.6 Å². The predicted octanol–water partition coefficient (Wildman–Crippen LogP) is 6.26. The summed E-state index contributed by atoms with van der Waals surface area (Å²) in [7, 11) is 0. The molecule has 0 saturated carbocycles. The Balaban J connectivity index is 1.57. The molecule has 0 saturated heterocycles. The number of rotatable bonds is 5. The van der Waals surface area contributed by atoms with Gasteiger partial charge in [-0.05, 0) is 74.0 Å². The third-order valence-electron chi connectivity index (χ3n) is 6.44. The molecule has 1 aliphatic heterocycles. The third-order valence-corrected chi connectivity index (χ3v) is 6.67. The third kappa shape index (κ3) is 4.29. The van der Waals surface area contributed by atoms with E-state index in [0.717, 1.165) is 22.6 Å². The quantitative estimate of drug-likeness (QED) is 0.324. The zero-order valence-electron chi connectivity index (χ0n) is 19.9. The Kier molecular flexibility index (Phi) is 6.37. The maximum absolute atomic E-state index is 14.1. The number of carbonyl (C=O) groups is 2. The number of fused-ring (bicyclic) bond motifs is 3. The van der Waals surface area contributed by atoms with Crippen LogP contribution >= 0.6 is 11.6 Å². The monoisotopic (exact) mass is 501 g/mol. The second-order valence-electron chi connectivity index (χ2n) is 9.05. The van der Waals surface area contributed by atoms with Crippen LogP contribution in [0.15, 0.2) is 91.1 Å².